The molecule has 834 valence electrons. The molecule has 38 nitrogen and oxygen atoms in total. The average molecular weight is 2070 g/mol. The molecule has 0 heterocycles. The van der Waals surface area contributed by atoms with Crippen LogP contribution in [0, 0.1) is 0 Å². The van der Waals surface area contributed by atoms with E-state index in [0.717, 1.165) is 132 Å². The number of benzene rings is 4. The van der Waals surface area contributed by atoms with Gasteiger partial charge in [0.1, 0.15) is 26.4 Å². The van der Waals surface area contributed by atoms with E-state index >= 15 is 0 Å². The smallest absolute Gasteiger partial charge is 0.333 e. The van der Waals surface area contributed by atoms with Gasteiger partial charge in [0, 0.05) is 213 Å². The first kappa shape index (κ1) is 143. The van der Waals surface area contributed by atoms with Crippen LogP contribution in [-0.4, -0.2) is 531 Å². The van der Waals surface area contributed by atoms with Crippen molar-refractivity contribution in [2.24, 2.45) is 0 Å². The number of likely N-dealkylation sites (N-methyl/N-ethyl adjacent to an activating group) is 1. The third kappa shape index (κ3) is 80.1. The molecule has 0 spiro atoms. The topological polar surface area (TPSA) is 511 Å². The molecule has 0 saturated carbocycles. The SMILES string of the molecule is C=C(C)C(=O)OCCN(CCO)CCO.C=CC(=O)OCCN(CCO)CCO.C=CCN(CC=C)CCCN(CCO)CCO.C=CC[N+](C)(CC=C)CCCN(CCO)CCO.C=COCCCCN(CCO)CCO.C=Cc1ccc(-c2ccc(CN(CCO)CCO)cc2)cc1.C=Cc1ccc(CN(CCO)CCO)c2ccccc12.O=C(/C=C\C(=O)OCCN(CCO)CCO)OCCN(CCO)CCO. The molecule has 0 amide bonds. The van der Waals surface area contributed by atoms with E-state index in [-0.39, 0.29) is 145 Å². The van der Waals surface area contributed by atoms with Crippen LogP contribution in [0.2, 0.25) is 0 Å². The number of aliphatic hydroxyl groups excluding tert-OH is 18. The fourth-order valence-corrected chi connectivity index (χ4v) is 14.1. The van der Waals surface area contributed by atoms with Gasteiger partial charge in [-0.15, -0.1) is 13.2 Å². The van der Waals surface area contributed by atoms with Crippen molar-refractivity contribution in [2.45, 2.75) is 45.7 Å². The predicted molar refractivity (Wildman–Crippen MR) is 580 cm³/mol. The van der Waals surface area contributed by atoms with E-state index < -0.39 is 23.9 Å². The largest absolute Gasteiger partial charge is 0.502 e. The summed E-state index contributed by atoms with van der Waals surface area (Å²) in [7, 11) is 2.20. The lowest BCUT2D eigenvalue weighted by Crippen LogP contribution is -2.46. The van der Waals surface area contributed by atoms with Crippen molar-refractivity contribution in [1.29, 1.82) is 0 Å². The number of esters is 4. The molecule has 4 aromatic rings. The van der Waals surface area contributed by atoms with Crippen LogP contribution >= 0.6 is 0 Å². The van der Waals surface area contributed by atoms with E-state index in [1.54, 1.807) is 21.6 Å². The molecule has 0 bridgehead atoms. The van der Waals surface area contributed by atoms with E-state index in [1.165, 1.54) is 39.3 Å². The summed E-state index contributed by atoms with van der Waals surface area (Å²) in [5.74, 6) is -2.27. The number of unbranched alkanes of at least 4 members (excludes halogenated alkanes) is 1. The number of quaternary nitrogens is 1. The molecule has 0 unspecified atom stereocenters. The highest BCUT2D eigenvalue weighted by Crippen LogP contribution is 2.26. The molecule has 4 aromatic carbocycles. The second-order valence-electron chi connectivity index (χ2n) is 33.1. The van der Waals surface area contributed by atoms with Gasteiger partial charge in [0.2, 0.25) is 0 Å². The minimum absolute atomic E-state index is 0.0223. The number of aliphatic hydroxyl groups is 18. The highest BCUT2D eigenvalue weighted by molar-refractivity contribution is 5.93. The Bertz CT molecular complexity index is 3790. The molecular weight excluding hydrogens is 1880 g/mol. The number of fused-ring (bicyclic) bond motifs is 1. The van der Waals surface area contributed by atoms with Crippen molar-refractivity contribution in [3.05, 3.63) is 221 Å². The van der Waals surface area contributed by atoms with Gasteiger partial charge in [-0.05, 0) is 95.6 Å². The maximum Gasteiger partial charge on any atom is 0.333 e. The summed E-state index contributed by atoms with van der Waals surface area (Å²) in [5.41, 5.74) is 7.34. The second-order valence-corrected chi connectivity index (χ2v) is 33.1. The molecule has 0 aliphatic rings. The lowest BCUT2D eigenvalue weighted by Gasteiger charge is -2.33. The van der Waals surface area contributed by atoms with Gasteiger partial charge in [0.25, 0.3) is 0 Å². The average Bonchev–Trinajstić information content (AvgIpc) is 0.800. The highest BCUT2D eigenvalue weighted by atomic mass is 16.5. The lowest BCUT2D eigenvalue weighted by molar-refractivity contribution is -0.898. The predicted octanol–water partition coefficient (Wildman–Crippen LogP) is 1.68. The van der Waals surface area contributed by atoms with Crippen LogP contribution in [-0.2, 0) is 56.0 Å². The quantitative estimate of drug-likeness (QED) is 0.00569. The zero-order valence-corrected chi connectivity index (χ0v) is 87.8. The number of carbonyl (C=O) groups is 4. The molecule has 146 heavy (non-hydrogen) atoms. The fraction of sp³-hybridized carbons (Fsp3) is 0.574. The van der Waals surface area contributed by atoms with Crippen LogP contribution in [0.25, 0.3) is 34.1 Å². The minimum Gasteiger partial charge on any atom is -0.502 e. The van der Waals surface area contributed by atoms with E-state index in [4.69, 9.17) is 116 Å². The van der Waals surface area contributed by atoms with E-state index in [9.17, 15) is 19.2 Å². The summed E-state index contributed by atoms with van der Waals surface area (Å²) in [4.78, 5) is 64.3. The number of hydrogen-bond donors (Lipinski definition) is 18. The Labute approximate surface area is 870 Å². The molecule has 4 rings (SSSR count). The Morgan fingerprint density at radius 2 is 0.637 bits per heavy atom. The van der Waals surface area contributed by atoms with Crippen molar-refractivity contribution in [2.75, 3.05) is 362 Å². The van der Waals surface area contributed by atoms with Gasteiger partial charge in [0.15, 0.2) is 0 Å². The third-order valence-electron chi connectivity index (χ3n) is 21.6. The molecule has 0 saturated heterocycles. The number of ether oxygens (including phenoxy) is 5. The first-order chi connectivity index (χ1) is 70.7. The monoisotopic (exact) mass is 2070 g/mol. The molecule has 0 atom stereocenters. The summed E-state index contributed by atoms with van der Waals surface area (Å²) < 4.78 is 25.4. The summed E-state index contributed by atoms with van der Waals surface area (Å²) in [6.07, 6.45) is 19.9. The zero-order chi connectivity index (χ0) is 110. The molecule has 0 aliphatic carbocycles. The summed E-state index contributed by atoms with van der Waals surface area (Å²) in [5, 5.41) is 162. The van der Waals surface area contributed by atoms with Gasteiger partial charge in [-0.3, -0.25) is 49.0 Å². The Morgan fingerprint density at radius 3 is 0.973 bits per heavy atom. The first-order valence-electron chi connectivity index (χ1n) is 50.0. The zero-order valence-electron chi connectivity index (χ0n) is 87.8. The van der Waals surface area contributed by atoms with Crippen molar-refractivity contribution in [1.82, 2.24) is 49.0 Å². The number of rotatable bonds is 81. The summed E-state index contributed by atoms with van der Waals surface area (Å²) >= 11 is 0. The standard InChI is InChI=1S/C19H23NO2.C17H21NO2.C16H30N2O8.C14H29N2O2.C13H26N2O2.C10H19NO4.C10H21NO3.C9H17NO4/c1-2-16-3-7-18(8-4-16)19-9-5-17(6-10-19)15-20(11-13-21)12-14-22;1-2-14-7-8-15(13-18(9-11-19)10-12-20)17-6-4-3-5-16(14)17;19-9-3-17(4-10-20)7-13-25-15(23)1-2-16(24)26-14-8-18(5-11-21)6-12-22;1-4-10-16(3,11-5-2)12-6-7-15(8-13-17)9-14-18;1-3-6-14(7-4-2)8-5-9-15(10-12-16)11-13-17;1-9(2)10(14)15-8-5-11(3-6-12)4-7-13;1-2-14-10-4-3-5-11(6-8-12)7-9-13;1-2-9(13)14-8-5-10(3-6-11)4-7-12/h2-10,21-22H,1,11-15H2;2-8,19-20H,1,9-13H2;1-2,19-22H,3-14H2;4-5,17-18H,1-2,6-14H2,3H3;3-4,16-17H,1-2,5-13H2;12-13H,1,3-8H2,2H3;2,12-13H,1,3-10H2;2,11-12H,1,3-8H2/q;;;+1;;;;/b;;2-1-;;;;;. The normalized spacial score (nSPS) is 11.0. The van der Waals surface area contributed by atoms with Gasteiger partial charge in [-0.25, -0.2) is 19.2 Å². The number of carbonyl (C=O) groups excluding carboxylic acids is 4. The molecule has 0 aromatic heterocycles. The van der Waals surface area contributed by atoms with Crippen molar-refractivity contribution in [3.63, 3.8) is 0 Å². The lowest BCUT2D eigenvalue weighted by atomic mass is 9.99. The Morgan fingerprint density at radius 1 is 0.315 bits per heavy atom. The maximum absolute atomic E-state index is 11.5. The minimum atomic E-state index is -0.697. The fourth-order valence-electron chi connectivity index (χ4n) is 14.1. The highest BCUT2D eigenvalue weighted by Gasteiger charge is 2.20. The van der Waals surface area contributed by atoms with Crippen molar-refractivity contribution < 1.29 is 139 Å². The molecule has 18 N–H and O–H groups in total. The van der Waals surface area contributed by atoms with Gasteiger partial charge < -0.3 is 120 Å². The summed E-state index contributed by atoms with van der Waals surface area (Å²) in [6, 6.07) is 29.1. The van der Waals surface area contributed by atoms with E-state index in [2.05, 4.69) is 159 Å². The summed E-state index contributed by atoms with van der Waals surface area (Å²) in [6.45, 7) is 57.7. The van der Waals surface area contributed by atoms with E-state index in [0.29, 0.717) is 156 Å². The molecule has 0 aliphatic heterocycles. The van der Waals surface area contributed by atoms with Crippen LogP contribution in [0.4, 0.5) is 0 Å². The Balaban J connectivity index is -0.000000796. The van der Waals surface area contributed by atoms with Gasteiger partial charge >= 0.3 is 23.9 Å². The first-order valence-corrected chi connectivity index (χ1v) is 50.0. The van der Waals surface area contributed by atoms with Gasteiger partial charge in [0.05, 0.1) is 158 Å². The third-order valence-corrected chi connectivity index (χ3v) is 21.6. The second kappa shape index (κ2) is 103. The van der Waals surface area contributed by atoms with Crippen molar-refractivity contribution >= 4 is 46.8 Å². The number of nitrogens with zero attached hydrogens (tertiary/aromatic N) is 11. The van der Waals surface area contributed by atoms with Crippen LogP contribution in [0.5, 0.6) is 0 Å². The molecule has 38 heteroatoms. The van der Waals surface area contributed by atoms with E-state index in [1.807, 2.05) is 63.3 Å². The molecule has 0 radical (unpaired) electrons. The van der Waals surface area contributed by atoms with Crippen LogP contribution < -0.4 is 0 Å². The van der Waals surface area contributed by atoms with Gasteiger partial charge in [-0.1, -0.05) is 155 Å². The van der Waals surface area contributed by atoms with Crippen LogP contribution in [0.1, 0.15) is 54.9 Å². The van der Waals surface area contributed by atoms with Crippen LogP contribution in [0.3, 0.4) is 0 Å². The maximum atomic E-state index is 11.5. The van der Waals surface area contributed by atoms with Crippen molar-refractivity contribution in [3.8, 4) is 11.1 Å². The number of hydrogen-bond acceptors (Lipinski definition) is 37. The molecule has 0 fully saturated rings. The van der Waals surface area contributed by atoms with Gasteiger partial charge in [-0.2, -0.15) is 0 Å². The van der Waals surface area contributed by atoms with Crippen LogP contribution in [0.15, 0.2) is 199 Å². The Kier molecular flexibility index (Phi) is 101. The Hall–Kier alpha value is -8.94. The molecular formula is C108H186N11O27+.